The molecule has 0 radical (unpaired) electrons. The van der Waals surface area contributed by atoms with Gasteiger partial charge in [-0.3, -0.25) is 9.69 Å². The zero-order chi connectivity index (χ0) is 19.4. The van der Waals surface area contributed by atoms with Crippen LogP contribution in [0.4, 0.5) is 10.1 Å². The number of amides is 1. The van der Waals surface area contributed by atoms with Gasteiger partial charge in [-0.25, -0.2) is 9.38 Å². The summed E-state index contributed by atoms with van der Waals surface area (Å²) in [4.78, 5) is 19.4. The smallest absolute Gasteiger partial charge is 0.266 e. The first-order valence-electron chi connectivity index (χ1n) is 8.33. The van der Waals surface area contributed by atoms with Crippen molar-refractivity contribution in [1.29, 1.82) is 0 Å². The Labute approximate surface area is 161 Å². The minimum absolute atomic E-state index is 0.113. The molecule has 1 aliphatic rings. The topological polar surface area (TPSA) is 51.1 Å². The fourth-order valence-electron chi connectivity index (χ4n) is 2.59. The molecule has 0 spiro atoms. The molecule has 0 aromatic heterocycles. The molecule has 5 nitrogen and oxygen atoms in total. The van der Waals surface area contributed by atoms with Crippen LogP contribution in [0.1, 0.15) is 12.5 Å². The van der Waals surface area contributed by atoms with Gasteiger partial charge in [-0.2, -0.15) is 0 Å². The third-order valence-corrected chi connectivity index (χ3v) is 4.97. The molecule has 0 saturated carbocycles. The molecular weight excluding hydrogens is 367 g/mol. The molecule has 2 aromatic rings. The number of rotatable bonds is 5. The number of hydrogen-bond acceptors (Lipinski definition) is 5. The number of thioether (sulfide) groups is 1. The lowest BCUT2D eigenvalue weighted by Crippen LogP contribution is -2.28. The van der Waals surface area contributed by atoms with Crippen LogP contribution < -0.4 is 9.47 Å². The van der Waals surface area contributed by atoms with E-state index in [1.165, 1.54) is 23.9 Å². The van der Waals surface area contributed by atoms with Crippen LogP contribution in [0.15, 0.2) is 52.4 Å². The molecule has 1 aliphatic heterocycles. The lowest BCUT2D eigenvalue weighted by molar-refractivity contribution is -0.122. The normalized spacial score (nSPS) is 17.0. The highest BCUT2D eigenvalue weighted by atomic mass is 32.2. The molecule has 1 amide bonds. The number of ether oxygens (including phenoxy) is 2. The van der Waals surface area contributed by atoms with Gasteiger partial charge >= 0.3 is 0 Å². The maximum absolute atomic E-state index is 13.1. The van der Waals surface area contributed by atoms with Crippen molar-refractivity contribution in [3.05, 3.63) is 58.8 Å². The quantitative estimate of drug-likeness (QED) is 0.712. The van der Waals surface area contributed by atoms with Gasteiger partial charge in [-0.1, -0.05) is 6.07 Å². The van der Waals surface area contributed by atoms with Crippen LogP contribution in [0.2, 0.25) is 0 Å². The van der Waals surface area contributed by atoms with Crippen LogP contribution in [-0.2, 0) is 4.79 Å². The van der Waals surface area contributed by atoms with Crippen LogP contribution in [-0.4, -0.2) is 36.7 Å². The highest BCUT2D eigenvalue weighted by molar-refractivity contribution is 8.18. The second-order valence-corrected chi connectivity index (χ2v) is 6.65. The number of carbonyl (C=O) groups is 1. The van der Waals surface area contributed by atoms with Gasteiger partial charge in [0.15, 0.2) is 16.7 Å². The molecule has 0 bridgehead atoms. The number of methoxy groups -OCH3 is 2. The SMILES string of the molecule is CCN1C(=O)/C(=C\c2ccc(OC)c(OC)c2)SC1=Nc1ccc(F)cc1. The van der Waals surface area contributed by atoms with E-state index in [1.54, 1.807) is 43.4 Å². The molecule has 140 valence electrons. The van der Waals surface area contributed by atoms with Gasteiger partial charge in [-0.15, -0.1) is 0 Å². The molecule has 2 aromatic carbocycles. The van der Waals surface area contributed by atoms with E-state index in [0.717, 1.165) is 5.56 Å². The first-order chi connectivity index (χ1) is 13.0. The summed E-state index contributed by atoms with van der Waals surface area (Å²) >= 11 is 1.29. The lowest BCUT2D eigenvalue weighted by Gasteiger charge is -2.12. The summed E-state index contributed by atoms with van der Waals surface area (Å²) in [6, 6.07) is 11.3. The minimum atomic E-state index is -0.324. The summed E-state index contributed by atoms with van der Waals surface area (Å²) in [5, 5.41) is 0.570. The molecule has 0 N–H and O–H groups in total. The average Bonchev–Trinajstić information content (AvgIpc) is 2.97. The van der Waals surface area contributed by atoms with Gasteiger partial charge in [0.2, 0.25) is 0 Å². The van der Waals surface area contributed by atoms with E-state index in [4.69, 9.17) is 9.47 Å². The molecule has 0 unspecified atom stereocenters. The van der Waals surface area contributed by atoms with Gasteiger partial charge in [0.1, 0.15) is 5.82 Å². The number of amidine groups is 1. The van der Waals surface area contributed by atoms with Crippen LogP contribution in [0.5, 0.6) is 11.5 Å². The van der Waals surface area contributed by atoms with Gasteiger partial charge in [0.25, 0.3) is 5.91 Å². The molecule has 0 atom stereocenters. The highest BCUT2D eigenvalue weighted by Gasteiger charge is 2.32. The summed E-state index contributed by atoms with van der Waals surface area (Å²) in [6.07, 6.45) is 1.80. The maximum atomic E-state index is 13.1. The van der Waals surface area contributed by atoms with E-state index in [9.17, 15) is 9.18 Å². The van der Waals surface area contributed by atoms with Crippen molar-refractivity contribution in [3.8, 4) is 11.5 Å². The Morgan fingerprint density at radius 1 is 1.11 bits per heavy atom. The Bertz CT molecular complexity index is 910. The average molecular weight is 386 g/mol. The van der Waals surface area contributed by atoms with Crippen molar-refractivity contribution >= 4 is 34.6 Å². The van der Waals surface area contributed by atoms with Gasteiger partial charge in [0.05, 0.1) is 24.8 Å². The Balaban J connectivity index is 1.92. The molecule has 0 aliphatic carbocycles. The first kappa shape index (κ1) is 19.0. The van der Waals surface area contributed by atoms with E-state index >= 15 is 0 Å². The van der Waals surface area contributed by atoms with E-state index in [2.05, 4.69) is 4.99 Å². The van der Waals surface area contributed by atoms with Crippen molar-refractivity contribution in [3.63, 3.8) is 0 Å². The van der Waals surface area contributed by atoms with Crippen molar-refractivity contribution in [2.24, 2.45) is 4.99 Å². The van der Waals surface area contributed by atoms with E-state index < -0.39 is 0 Å². The van der Waals surface area contributed by atoms with Crippen molar-refractivity contribution in [2.45, 2.75) is 6.92 Å². The monoisotopic (exact) mass is 386 g/mol. The predicted molar refractivity (Wildman–Crippen MR) is 106 cm³/mol. The third kappa shape index (κ3) is 4.14. The molecule has 1 fully saturated rings. The largest absolute Gasteiger partial charge is 0.493 e. The number of carbonyl (C=O) groups excluding carboxylic acids is 1. The van der Waals surface area contributed by atoms with Crippen molar-refractivity contribution in [1.82, 2.24) is 4.90 Å². The third-order valence-electron chi connectivity index (χ3n) is 3.96. The van der Waals surface area contributed by atoms with Crippen LogP contribution in [0.3, 0.4) is 0 Å². The zero-order valence-corrected chi connectivity index (χ0v) is 16.0. The van der Waals surface area contributed by atoms with Gasteiger partial charge < -0.3 is 9.47 Å². The second-order valence-electron chi connectivity index (χ2n) is 5.65. The molecule has 1 heterocycles. The Morgan fingerprint density at radius 2 is 1.81 bits per heavy atom. The lowest BCUT2D eigenvalue weighted by atomic mass is 10.2. The molecule has 1 saturated heterocycles. The highest BCUT2D eigenvalue weighted by Crippen LogP contribution is 2.35. The summed E-state index contributed by atoms with van der Waals surface area (Å²) in [5.41, 5.74) is 1.42. The second kappa shape index (κ2) is 8.26. The van der Waals surface area contributed by atoms with E-state index in [-0.39, 0.29) is 11.7 Å². The maximum Gasteiger partial charge on any atom is 0.266 e. The van der Waals surface area contributed by atoms with Crippen LogP contribution in [0, 0.1) is 5.82 Å². The number of halogens is 1. The van der Waals surface area contributed by atoms with E-state index in [0.29, 0.717) is 33.8 Å². The summed E-state index contributed by atoms with van der Waals surface area (Å²) in [7, 11) is 3.14. The molecule has 27 heavy (non-hydrogen) atoms. The zero-order valence-electron chi connectivity index (χ0n) is 15.2. The number of likely N-dealkylation sites (N-methyl/N-ethyl adjacent to an activating group) is 1. The number of aliphatic imine (C=N–C) groups is 1. The molecule has 7 heteroatoms. The Kier molecular flexibility index (Phi) is 5.81. The Hall–Kier alpha value is -2.80. The summed E-state index contributed by atoms with van der Waals surface area (Å²) in [6.45, 7) is 2.38. The number of benzene rings is 2. The van der Waals surface area contributed by atoms with Crippen LogP contribution >= 0.6 is 11.8 Å². The van der Waals surface area contributed by atoms with Gasteiger partial charge in [-0.05, 0) is 66.7 Å². The Morgan fingerprint density at radius 3 is 2.44 bits per heavy atom. The number of hydrogen-bond donors (Lipinski definition) is 0. The van der Waals surface area contributed by atoms with E-state index in [1.807, 2.05) is 19.1 Å². The first-order valence-corrected chi connectivity index (χ1v) is 9.15. The van der Waals surface area contributed by atoms with Crippen molar-refractivity contribution < 1.29 is 18.7 Å². The fourth-order valence-corrected chi connectivity index (χ4v) is 3.65. The molecule has 3 rings (SSSR count). The summed E-state index contributed by atoms with van der Waals surface area (Å²) in [5.74, 6) is 0.780. The predicted octanol–water partition coefficient (Wildman–Crippen LogP) is 4.47. The number of nitrogens with zero attached hydrogens (tertiary/aromatic N) is 2. The summed E-state index contributed by atoms with van der Waals surface area (Å²) < 4.78 is 23.6. The molecular formula is C20H19FN2O3S. The fraction of sp³-hybridized carbons (Fsp3) is 0.200. The van der Waals surface area contributed by atoms with Crippen LogP contribution in [0.25, 0.3) is 6.08 Å². The standard InChI is InChI=1S/C20H19FN2O3S/c1-4-23-19(24)18(12-13-5-10-16(25-2)17(11-13)26-3)27-20(23)22-15-8-6-14(21)7-9-15/h5-12H,4H2,1-3H3/b18-12+,22-20?. The van der Waals surface area contributed by atoms with Crippen molar-refractivity contribution in [2.75, 3.05) is 20.8 Å². The minimum Gasteiger partial charge on any atom is -0.493 e. The van der Waals surface area contributed by atoms with Gasteiger partial charge in [0, 0.05) is 6.54 Å².